The van der Waals surface area contributed by atoms with Gasteiger partial charge in [-0.15, -0.1) is 0 Å². The molecule has 0 aliphatic carbocycles. The Labute approximate surface area is 80.7 Å². The predicted molar refractivity (Wildman–Crippen MR) is 55.3 cm³/mol. The van der Waals surface area contributed by atoms with Crippen molar-refractivity contribution in [2.45, 2.75) is 20.3 Å². The fraction of sp³-hybridized carbons (Fsp3) is 0.417. The van der Waals surface area contributed by atoms with Crippen molar-refractivity contribution in [1.82, 2.24) is 0 Å². The Morgan fingerprint density at radius 3 is 2.54 bits per heavy atom. The third kappa shape index (κ3) is 4.69. The first-order valence-electron chi connectivity index (χ1n) is 4.79. The van der Waals surface area contributed by atoms with Crippen molar-refractivity contribution in [3.05, 3.63) is 42.5 Å². The van der Waals surface area contributed by atoms with Gasteiger partial charge in [-0.3, -0.25) is 0 Å². The summed E-state index contributed by atoms with van der Waals surface area (Å²) in [7, 11) is 0. The van der Waals surface area contributed by atoms with E-state index >= 15 is 0 Å². The van der Waals surface area contributed by atoms with Crippen LogP contribution in [0.2, 0.25) is 0 Å². The predicted octanol–water partition coefficient (Wildman–Crippen LogP) is 3.26. The SMILES string of the molecule is CC(C)CCO[CH]c1ccccc1. The van der Waals surface area contributed by atoms with Crippen LogP contribution in [-0.2, 0) is 4.74 Å². The van der Waals surface area contributed by atoms with Gasteiger partial charge in [0.15, 0.2) is 0 Å². The molecule has 0 saturated carbocycles. The fourth-order valence-corrected chi connectivity index (χ4v) is 0.991. The number of rotatable bonds is 5. The van der Waals surface area contributed by atoms with Crippen LogP contribution in [0.5, 0.6) is 0 Å². The molecule has 0 bridgehead atoms. The van der Waals surface area contributed by atoms with Crippen LogP contribution in [0, 0.1) is 12.5 Å². The van der Waals surface area contributed by atoms with Crippen molar-refractivity contribution >= 4 is 0 Å². The minimum absolute atomic E-state index is 0.712. The maximum Gasteiger partial charge on any atom is 0.113 e. The van der Waals surface area contributed by atoms with Gasteiger partial charge in [0.1, 0.15) is 6.61 Å². The summed E-state index contributed by atoms with van der Waals surface area (Å²) in [5, 5.41) is 0. The Bertz CT molecular complexity index is 216. The van der Waals surface area contributed by atoms with Crippen LogP contribution in [-0.4, -0.2) is 6.61 Å². The van der Waals surface area contributed by atoms with Gasteiger partial charge in [-0.05, 0) is 17.9 Å². The first-order valence-corrected chi connectivity index (χ1v) is 4.79. The van der Waals surface area contributed by atoms with Crippen LogP contribution in [0.4, 0.5) is 0 Å². The number of hydrogen-bond donors (Lipinski definition) is 0. The molecular formula is C12H17O. The molecule has 71 valence electrons. The highest BCUT2D eigenvalue weighted by Crippen LogP contribution is 2.05. The average Bonchev–Trinajstić information content (AvgIpc) is 2.14. The Morgan fingerprint density at radius 1 is 1.23 bits per heavy atom. The topological polar surface area (TPSA) is 9.23 Å². The fourth-order valence-electron chi connectivity index (χ4n) is 0.991. The molecule has 0 N–H and O–H groups in total. The zero-order valence-corrected chi connectivity index (χ0v) is 8.36. The van der Waals surface area contributed by atoms with Crippen molar-refractivity contribution in [3.63, 3.8) is 0 Å². The van der Waals surface area contributed by atoms with E-state index in [1.807, 2.05) is 36.9 Å². The molecule has 0 amide bonds. The number of ether oxygens (including phenoxy) is 1. The first kappa shape index (κ1) is 10.3. The standard InChI is InChI=1S/C12H17O/c1-11(2)8-9-13-10-12-6-4-3-5-7-12/h3-7,10-11H,8-9H2,1-2H3. The molecule has 0 unspecified atom stereocenters. The van der Waals surface area contributed by atoms with Crippen LogP contribution in [0.1, 0.15) is 25.8 Å². The van der Waals surface area contributed by atoms with Gasteiger partial charge in [0, 0.05) is 6.61 Å². The summed E-state index contributed by atoms with van der Waals surface area (Å²) in [5.74, 6) is 0.712. The monoisotopic (exact) mass is 177 g/mol. The third-order valence-corrected chi connectivity index (χ3v) is 1.83. The van der Waals surface area contributed by atoms with Gasteiger partial charge in [-0.25, -0.2) is 0 Å². The molecule has 0 aromatic heterocycles. The van der Waals surface area contributed by atoms with Gasteiger partial charge < -0.3 is 4.74 Å². The van der Waals surface area contributed by atoms with E-state index in [0.717, 1.165) is 18.6 Å². The molecule has 0 saturated heterocycles. The zero-order chi connectivity index (χ0) is 9.52. The van der Waals surface area contributed by atoms with Gasteiger partial charge in [-0.2, -0.15) is 0 Å². The maximum atomic E-state index is 5.41. The maximum absolute atomic E-state index is 5.41. The van der Waals surface area contributed by atoms with Crippen molar-refractivity contribution in [1.29, 1.82) is 0 Å². The molecule has 0 heterocycles. The van der Waals surface area contributed by atoms with E-state index in [2.05, 4.69) is 13.8 Å². The minimum atomic E-state index is 0.712. The van der Waals surface area contributed by atoms with Crippen LogP contribution >= 0.6 is 0 Å². The highest BCUT2D eigenvalue weighted by atomic mass is 16.5. The molecule has 1 radical (unpaired) electrons. The van der Waals surface area contributed by atoms with E-state index in [1.165, 1.54) is 0 Å². The highest BCUT2D eigenvalue weighted by Gasteiger charge is 1.95. The Balaban J connectivity index is 2.13. The third-order valence-electron chi connectivity index (χ3n) is 1.83. The lowest BCUT2D eigenvalue weighted by Crippen LogP contribution is -1.97. The van der Waals surface area contributed by atoms with Crippen LogP contribution < -0.4 is 0 Å². The van der Waals surface area contributed by atoms with E-state index in [0.29, 0.717) is 5.92 Å². The summed E-state index contributed by atoms with van der Waals surface area (Å²) in [5.41, 5.74) is 1.13. The number of benzene rings is 1. The van der Waals surface area contributed by atoms with Crippen molar-refractivity contribution in [3.8, 4) is 0 Å². The molecule has 0 fully saturated rings. The molecule has 0 aliphatic rings. The summed E-state index contributed by atoms with van der Waals surface area (Å²) in [6.45, 7) is 7.03. The molecule has 0 aliphatic heterocycles. The Morgan fingerprint density at radius 2 is 1.92 bits per heavy atom. The molecule has 1 nitrogen and oxygen atoms in total. The van der Waals surface area contributed by atoms with Crippen molar-refractivity contribution in [2.24, 2.45) is 5.92 Å². The summed E-state index contributed by atoms with van der Waals surface area (Å²) in [6, 6.07) is 10.1. The van der Waals surface area contributed by atoms with Crippen molar-refractivity contribution in [2.75, 3.05) is 6.61 Å². The van der Waals surface area contributed by atoms with Gasteiger partial charge in [0.25, 0.3) is 0 Å². The second kappa shape index (κ2) is 5.76. The van der Waals surface area contributed by atoms with Gasteiger partial charge >= 0.3 is 0 Å². The van der Waals surface area contributed by atoms with Crippen LogP contribution in [0.3, 0.4) is 0 Å². The molecule has 1 aromatic carbocycles. The van der Waals surface area contributed by atoms with Crippen LogP contribution in [0.25, 0.3) is 0 Å². The van der Waals surface area contributed by atoms with E-state index in [4.69, 9.17) is 4.74 Å². The lowest BCUT2D eigenvalue weighted by molar-refractivity contribution is 0.196. The second-order valence-corrected chi connectivity index (χ2v) is 3.58. The first-order chi connectivity index (χ1) is 6.29. The summed E-state index contributed by atoms with van der Waals surface area (Å²) in [4.78, 5) is 0. The average molecular weight is 177 g/mol. The van der Waals surface area contributed by atoms with E-state index < -0.39 is 0 Å². The van der Waals surface area contributed by atoms with E-state index in [9.17, 15) is 0 Å². The molecule has 0 spiro atoms. The van der Waals surface area contributed by atoms with Gasteiger partial charge in [0.05, 0.1) is 0 Å². The lowest BCUT2D eigenvalue weighted by atomic mass is 10.1. The summed E-state index contributed by atoms with van der Waals surface area (Å²) in [6.07, 6.45) is 1.11. The lowest BCUT2D eigenvalue weighted by Gasteiger charge is -2.05. The van der Waals surface area contributed by atoms with E-state index in [1.54, 1.807) is 0 Å². The Kier molecular flexibility index (Phi) is 4.55. The largest absolute Gasteiger partial charge is 0.370 e. The minimum Gasteiger partial charge on any atom is -0.370 e. The number of hydrogen-bond acceptors (Lipinski definition) is 1. The van der Waals surface area contributed by atoms with Gasteiger partial charge in [0.2, 0.25) is 0 Å². The molecule has 1 heteroatoms. The van der Waals surface area contributed by atoms with Crippen molar-refractivity contribution < 1.29 is 4.74 Å². The zero-order valence-electron chi connectivity index (χ0n) is 8.36. The molecular weight excluding hydrogens is 160 g/mol. The van der Waals surface area contributed by atoms with E-state index in [-0.39, 0.29) is 0 Å². The Hall–Kier alpha value is -0.820. The van der Waals surface area contributed by atoms with Gasteiger partial charge in [-0.1, -0.05) is 44.2 Å². The smallest absolute Gasteiger partial charge is 0.113 e. The molecule has 0 atom stereocenters. The molecule has 1 aromatic rings. The van der Waals surface area contributed by atoms with Crippen LogP contribution in [0.15, 0.2) is 30.3 Å². The quantitative estimate of drug-likeness (QED) is 0.627. The summed E-state index contributed by atoms with van der Waals surface area (Å²) < 4.78 is 5.41. The molecule has 13 heavy (non-hydrogen) atoms. The molecule has 1 rings (SSSR count). The summed E-state index contributed by atoms with van der Waals surface area (Å²) >= 11 is 0. The second-order valence-electron chi connectivity index (χ2n) is 3.58. The normalized spacial score (nSPS) is 10.7. The highest BCUT2D eigenvalue weighted by molar-refractivity contribution is 5.19.